The molecule has 2 heterocycles. The van der Waals surface area contributed by atoms with Crippen LogP contribution in [0.1, 0.15) is 47.0 Å². The first-order valence-electron chi connectivity index (χ1n) is 13.5. The van der Waals surface area contributed by atoms with E-state index in [9.17, 15) is 4.79 Å². The number of benzene rings is 2. The Morgan fingerprint density at radius 3 is 2.59 bits per heavy atom. The van der Waals surface area contributed by atoms with E-state index in [1.54, 1.807) is 37.6 Å². The molecule has 8 nitrogen and oxygen atoms in total. The highest BCUT2D eigenvalue weighted by atomic mass is 35.5. The molecule has 1 aromatic heterocycles. The number of hydrogen-bond donors (Lipinski definition) is 3. The molecule has 1 unspecified atom stereocenters. The van der Waals surface area contributed by atoms with Crippen molar-refractivity contribution in [1.29, 1.82) is 0 Å². The number of amides is 2. The molecule has 1 aliphatic rings. The fourth-order valence-corrected chi connectivity index (χ4v) is 4.80. The Labute approximate surface area is 235 Å². The molecule has 0 radical (unpaired) electrons. The zero-order valence-corrected chi connectivity index (χ0v) is 24.2. The standard InChI is InChI=1S/C30H39ClN4O4/c1-19(20-8-12-32-13-9-20)38-28-18-25-22(17-27(28)37-5)26(10-14-33-25)39-21-6-7-24(23(31)16-21)35-29(36)34-15-11-30(2,3)4/h6-7,10,14,16-20,32H,8-9,11-13,15H2,1-5H3,(H2,34,35,36). The molecule has 0 bridgehead atoms. The number of hydrogen-bond acceptors (Lipinski definition) is 6. The number of rotatable bonds is 9. The lowest BCUT2D eigenvalue weighted by atomic mass is 9.92. The summed E-state index contributed by atoms with van der Waals surface area (Å²) >= 11 is 6.47. The van der Waals surface area contributed by atoms with Crippen LogP contribution in [0.5, 0.6) is 23.0 Å². The molecule has 0 spiro atoms. The number of urea groups is 1. The third-order valence-corrected chi connectivity index (χ3v) is 7.24. The van der Waals surface area contributed by atoms with Crippen LogP contribution >= 0.6 is 11.6 Å². The summed E-state index contributed by atoms with van der Waals surface area (Å²) in [6.07, 6.45) is 4.81. The van der Waals surface area contributed by atoms with Crippen LogP contribution in [-0.2, 0) is 0 Å². The first-order valence-corrected chi connectivity index (χ1v) is 13.9. The van der Waals surface area contributed by atoms with E-state index >= 15 is 0 Å². The molecule has 0 saturated carbocycles. The van der Waals surface area contributed by atoms with Crippen LogP contribution < -0.4 is 30.2 Å². The molecule has 210 valence electrons. The van der Waals surface area contributed by atoms with Gasteiger partial charge in [-0.05, 0) is 74.9 Å². The molecule has 9 heteroatoms. The van der Waals surface area contributed by atoms with Gasteiger partial charge in [0.25, 0.3) is 0 Å². The number of methoxy groups -OCH3 is 1. The highest BCUT2D eigenvalue weighted by molar-refractivity contribution is 6.33. The molecule has 3 N–H and O–H groups in total. The molecule has 1 fully saturated rings. The van der Waals surface area contributed by atoms with E-state index in [-0.39, 0.29) is 17.6 Å². The smallest absolute Gasteiger partial charge is 0.319 e. The number of nitrogens with zero attached hydrogens (tertiary/aromatic N) is 1. The van der Waals surface area contributed by atoms with Gasteiger partial charge in [-0.15, -0.1) is 0 Å². The minimum Gasteiger partial charge on any atom is -0.493 e. The van der Waals surface area contributed by atoms with Crippen LogP contribution in [-0.4, -0.2) is 43.9 Å². The molecule has 3 aromatic rings. The van der Waals surface area contributed by atoms with Crippen molar-refractivity contribution in [2.24, 2.45) is 11.3 Å². The molecule has 2 amide bonds. The third-order valence-electron chi connectivity index (χ3n) is 6.92. The summed E-state index contributed by atoms with van der Waals surface area (Å²) in [6.45, 7) is 11.1. The first kappa shape index (κ1) is 28.8. The van der Waals surface area contributed by atoms with Crippen molar-refractivity contribution in [2.75, 3.05) is 32.1 Å². The van der Waals surface area contributed by atoms with Crippen molar-refractivity contribution in [3.63, 3.8) is 0 Å². The van der Waals surface area contributed by atoms with Gasteiger partial charge in [0.05, 0.1) is 29.4 Å². The molecular weight excluding hydrogens is 516 g/mol. The minimum atomic E-state index is -0.297. The second-order valence-corrected chi connectivity index (χ2v) is 11.6. The second kappa shape index (κ2) is 12.7. The van der Waals surface area contributed by atoms with Crippen LogP contribution in [0.4, 0.5) is 10.5 Å². The molecule has 1 aliphatic heterocycles. The average Bonchev–Trinajstić information content (AvgIpc) is 2.90. The lowest BCUT2D eigenvalue weighted by molar-refractivity contribution is 0.124. The Bertz CT molecular complexity index is 1290. The number of carbonyl (C=O) groups is 1. The highest BCUT2D eigenvalue weighted by Gasteiger charge is 2.23. The van der Waals surface area contributed by atoms with Gasteiger partial charge >= 0.3 is 6.03 Å². The van der Waals surface area contributed by atoms with Crippen molar-refractivity contribution in [2.45, 2.75) is 53.1 Å². The van der Waals surface area contributed by atoms with E-state index in [4.69, 9.17) is 25.8 Å². The molecule has 39 heavy (non-hydrogen) atoms. The number of fused-ring (bicyclic) bond motifs is 1. The van der Waals surface area contributed by atoms with Crippen LogP contribution in [0, 0.1) is 11.3 Å². The molecule has 1 saturated heterocycles. The summed E-state index contributed by atoms with van der Waals surface area (Å²) in [6, 6.07) is 10.4. The normalized spacial score (nSPS) is 15.0. The van der Waals surface area contributed by atoms with Gasteiger partial charge in [-0.3, -0.25) is 4.98 Å². The van der Waals surface area contributed by atoms with Crippen LogP contribution in [0.3, 0.4) is 0 Å². The fraction of sp³-hybridized carbons (Fsp3) is 0.467. The molecule has 1 atom stereocenters. The minimum absolute atomic E-state index is 0.0627. The van der Waals surface area contributed by atoms with Crippen molar-refractivity contribution in [3.05, 3.63) is 47.6 Å². The number of anilines is 1. The summed E-state index contributed by atoms with van der Waals surface area (Å²) in [4.78, 5) is 16.8. The van der Waals surface area contributed by atoms with Gasteiger partial charge in [-0.1, -0.05) is 32.4 Å². The molecule has 2 aromatic carbocycles. The monoisotopic (exact) mass is 554 g/mol. The summed E-state index contributed by atoms with van der Waals surface area (Å²) in [5.74, 6) is 2.92. The van der Waals surface area contributed by atoms with Gasteiger partial charge < -0.3 is 30.2 Å². The summed E-state index contributed by atoms with van der Waals surface area (Å²) < 4.78 is 18.2. The van der Waals surface area contributed by atoms with Gasteiger partial charge in [0.1, 0.15) is 11.5 Å². The van der Waals surface area contributed by atoms with Crippen molar-refractivity contribution in [3.8, 4) is 23.0 Å². The van der Waals surface area contributed by atoms with Gasteiger partial charge in [-0.25, -0.2) is 4.79 Å². The van der Waals surface area contributed by atoms with Crippen LogP contribution in [0.2, 0.25) is 5.02 Å². The van der Waals surface area contributed by atoms with E-state index in [0.717, 1.165) is 43.3 Å². The predicted molar refractivity (Wildman–Crippen MR) is 157 cm³/mol. The maximum atomic E-state index is 12.3. The SMILES string of the molecule is COc1cc2c(Oc3ccc(NC(=O)NCCC(C)(C)C)c(Cl)c3)ccnc2cc1OC(C)C1CCNCC1. The third kappa shape index (κ3) is 7.90. The number of halogens is 1. The number of nitrogens with one attached hydrogen (secondary N) is 3. The van der Waals surface area contributed by atoms with Gasteiger partial charge in [-0.2, -0.15) is 0 Å². The van der Waals surface area contributed by atoms with Crippen molar-refractivity contribution < 1.29 is 19.0 Å². The highest BCUT2D eigenvalue weighted by Crippen LogP contribution is 2.39. The Kier molecular flexibility index (Phi) is 9.40. The Hall–Kier alpha value is -3.23. The number of pyridine rings is 1. The summed E-state index contributed by atoms with van der Waals surface area (Å²) in [5, 5.41) is 10.2. The quantitative estimate of drug-likeness (QED) is 0.263. The van der Waals surface area contributed by atoms with E-state index in [1.807, 2.05) is 12.1 Å². The van der Waals surface area contributed by atoms with Gasteiger partial charge in [0.15, 0.2) is 11.5 Å². The fourth-order valence-electron chi connectivity index (χ4n) is 4.58. The Morgan fingerprint density at radius 1 is 1.13 bits per heavy atom. The number of piperidine rings is 1. The molecule has 4 rings (SSSR count). The zero-order chi connectivity index (χ0) is 28.0. The van der Waals surface area contributed by atoms with Gasteiger partial charge in [0, 0.05) is 30.3 Å². The second-order valence-electron chi connectivity index (χ2n) is 11.2. The maximum absolute atomic E-state index is 12.3. The van der Waals surface area contributed by atoms with Crippen LogP contribution in [0.15, 0.2) is 42.6 Å². The van der Waals surface area contributed by atoms with Crippen molar-refractivity contribution >= 4 is 34.2 Å². The summed E-state index contributed by atoms with van der Waals surface area (Å²) in [5.41, 5.74) is 1.38. The largest absolute Gasteiger partial charge is 0.493 e. The number of carbonyl (C=O) groups excluding carboxylic acids is 1. The first-order chi connectivity index (χ1) is 18.6. The van der Waals surface area contributed by atoms with Crippen molar-refractivity contribution in [1.82, 2.24) is 15.6 Å². The maximum Gasteiger partial charge on any atom is 0.319 e. The van der Waals surface area contributed by atoms with Crippen LogP contribution in [0.25, 0.3) is 10.9 Å². The zero-order valence-electron chi connectivity index (χ0n) is 23.4. The van der Waals surface area contributed by atoms with E-state index in [1.165, 1.54) is 0 Å². The Balaban J connectivity index is 1.47. The number of ether oxygens (including phenoxy) is 3. The Morgan fingerprint density at radius 2 is 1.90 bits per heavy atom. The number of aromatic nitrogens is 1. The van der Waals surface area contributed by atoms with E-state index in [2.05, 4.69) is 48.6 Å². The lowest BCUT2D eigenvalue weighted by Gasteiger charge is -2.29. The van der Waals surface area contributed by atoms with E-state index in [0.29, 0.717) is 46.2 Å². The van der Waals surface area contributed by atoms with E-state index < -0.39 is 0 Å². The summed E-state index contributed by atoms with van der Waals surface area (Å²) in [7, 11) is 1.63. The molecule has 0 aliphatic carbocycles. The average molecular weight is 555 g/mol. The predicted octanol–water partition coefficient (Wildman–Crippen LogP) is 7.01. The topological polar surface area (TPSA) is 93.7 Å². The lowest BCUT2D eigenvalue weighted by Crippen LogP contribution is -2.35. The van der Waals surface area contributed by atoms with Gasteiger partial charge in [0.2, 0.25) is 0 Å². The molecular formula is C30H39ClN4O4.